The van der Waals surface area contributed by atoms with Gasteiger partial charge in [0.2, 0.25) is 11.9 Å². The van der Waals surface area contributed by atoms with E-state index in [1.165, 1.54) is 13.0 Å². The molecule has 2 unspecified atom stereocenters. The van der Waals surface area contributed by atoms with Crippen LogP contribution in [0.15, 0.2) is 24.5 Å². The van der Waals surface area contributed by atoms with E-state index in [-0.39, 0.29) is 23.2 Å². The smallest absolute Gasteiger partial charge is 0.230 e. The van der Waals surface area contributed by atoms with E-state index in [1.807, 2.05) is 0 Å². The fourth-order valence-corrected chi connectivity index (χ4v) is 4.34. The third-order valence-corrected chi connectivity index (χ3v) is 5.68. The van der Waals surface area contributed by atoms with Crippen molar-refractivity contribution in [2.45, 2.75) is 39.0 Å². The fourth-order valence-electron chi connectivity index (χ4n) is 3.43. The van der Waals surface area contributed by atoms with Crippen molar-refractivity contribution in [1.82, 2.24) is 19.9 Å². The van der Waals surface area contributed by atoms with Crippen molar-refractivity contribution in [3.05, 3.63) is 41.2 Å². The number of ether oxygens (including phenoxy) is 1. The van der Waals surface area contributed by atoms with E-state index in [4.69, 9.17) is 4.74 Å². The standard InChI is InChI=1S/C19H19F2N5O2S/c1-10-5-13(28-15-3-4-22-14-6-12(20)7-23-17(14)15)8-26(10)9-16-18(21)25-19(29-16)24-11(2)27/h3-4,6-7,10,13H,5,8-9H2,1-2H3,(H,24,25,27). The third-order valence-electron chi connectivity index (χ3n) is 4.75. The number of nitrogens with one attached hydrogen (secondary N) is 1. The maximum Gasteiger partial charge on any atom is 0.230 e. The van der Waals surface area contributed by atoms with Crippen LogP contribution in [0.4, 0.5) is 13.9 Å². The van der Waals surface area contributed by atoms with E-state index in [1.54, 1.807) is 12.3 Å². The highest BCUT2D eigenvalue weighted by Crippen LogP contribution is 2.30. The van der Waals surface area contributed by atoms with Gasteiger partial charge in [0.25, 0.3) is 0 Å². The van der Waals surface area contributed by atoms with Gasteiger partial charge in [0.15, 0.2) is 5.13 Å². The molecular weight excluding hydrogens is 400 g/mol. The van der Waals surface area contributed by atoms with Crippen LogP contribution in [0, 0.1) is 11.8 Å². The first kappa shape index (κ1) is 19.6. The Morgan fingerprint density at radius 3 is 3.03 bits per heavy atom. The Morgan fingerprint density at radius 1 is 1.41 bits per heavy atom. The third kappa shape index (κ3) is 4.33. The van der Waals surface area contributed by atoms with Crippen molar-refractivity contribution < 1.29 is 18.3 Å². The quantitative estimate of drug-likeness (QED) is 0.683. The summed E-state index contributed by atoms with van der Waals surface area (Å²) in [5.41, 5.74) is 0.941. The lowest BCUT2D eigenvalue weighted by Crippen LogP contribution is -2.28. The predicted octanol–water partition coefficient (Wildman–Crippen LogP) is 3.36. The van der Waals surface area contributed by atoms with Gasteiger partial charge in [0, 0.05) is 50.8 Å². The van der Waals surface area contributed by atoms with Gasteiger partial charge in [-0.05, 0) is 6.92 Å². The van der Waals surface area contributed by atoms with Gasteiger partial charge in [0.05, 0.1) is 16.6 Å². The highest BCUT2D eigenvalue weighted by Gasteiger charge is 2.32. The number of aromatic nitrogens is 3. The van der Waals surface area contributed by atoms with Crippen molar-refractivity contribution in [1.29, 1.82) is 0 Å². The first-order valence-electron chi connectivity index (χ1n) is 9.13. The van der Waals surface area contributed by atoms with Gasteiger partial charge in [0.1, 0.15) is 23.2 Å². The molecule has 1 saturated heterocycles. The van der Waals surface area contributed by atoms with Crippen LogP contribution in [-0.2, 0) is 11.3 Å². The molecule has 4 heterocycles. The van der Waals surface area contributed by atoms with Gasteiger partial charge in [-0.3, -0.25) is 14.7 Å². The van der Waals surface area contributed by atoms with E-state index < -0.39 is 11.8 Å². The Bertz CT molecular complexity index is 1060. The number of halogens is 2. The number of likely N-dealkylation sites (tertiary alicyclic amines) is 1. The summed E-state index contributed by atoms with van der Waals surface area (Å²) in [5, 5.41) is 2.77. The Labute approximate surface area is 169 Å². The molecule has 29 heavy (non-hydrogen) atoms. The molecule has 7 nitrogen and oxygen atoms in total. The first-order valence-corrected chi connectivity index (χ1v) is 9.94. The van der Waals surface area contributed by atoms with Gasteiger partial charge in [-0.2, -0.15) is 9.37 Å². The van der Waals surface area contributed by atoms with Crippen molar-refractivity contribution in [2.24, 2.45) is 0 Å². The number of fused-ring (bicyclic) bond motifs is 1. The number of pyridine rings is 2. The molecule has 4 rings (SSSR count). The number of thiazole rings is 1. The van der Waals surface area contributed by atoms with Crippen molar-refractivity contribution in [3.63, 3.8) is 0 Å². The minimum Gasteiger partial charge on any atom is -0.487 e. The summed E-state index contributed by atoms with van der Waals surface area (Å²) in [7, 11) is 0. The summed E-state index contributed by atoms with van der Waals surface area (Å²) < 4.78 is 33.6. The van der Waals surface area contributed by atoms with Crippen LogP contribution in [0.2, 0.25) is 0 Å². The Morgan fingerprint density at radius 2 is 2.24 bits per heavy atom. The Kier molecular flexibility index (Phi) is 5.37. The number of amides is 1. The summed E-state index contributed by atoms with van der Waals surface area (Å²) in [6, 6.07) is 3.20. The maximum atomic E-state index is 14.1. The van der Waals surface area contributed by atoms with Crippen LogP contribution >= 0.6 is 11.3 Å². The molecule has 3 aromatic heterocycles. The van der Waals surface area contributed by atoms with Gasteiger partial charge in [-0.1, -0.05) is 11.3 Å². The van der Waals surface area contributed by atoms with Crippen molar-refractivity contribution in [2.75, 3.05) is 11.9 Å². The second kappa shape index (κ2) is 7.96. The van der Waals surface area contributed by atoms with Crippen molar-refractivity contribution in [3.8, 4) is 5.75 Å². The van der Waals surface area contributed by atoms with Crippen LogP contribution < -0.4 is 10.1 Å². The molecule has 0 spiro atoms. The number of hydrogen-bond acceptors (Lipinski definition) is 7. The monoisotopic (exact) mass is 419 g/mol. The zero-order valence-electron chi connectivity index (χ0n) is 15.9. The molecule has 1 aliphatic heterocycles. The van der Waals surface area contributed by atoms with Crippen LogP contribution in [0.1, 0.15) is 25.1 Å². The lowest BCUT2D eigenvalue weighted by atomic mass is 10.2. The predicted molar refractivity (Wildman–Crippen MR) is 105 cm³/mol. The molecule has 1 aliphatic rings. The number of nitrogens with zero attached hydrogens (tertiary/aromatic N) is 4. The highest BCUT2D eigenvalue weighted by atomic mass is 32.1. The van der Waals surface area contributed by atoms with E-state index in [0.717, 1.165) is 24.0 Å². The van der Waals surface area contributed by atoms with Gasteiger partial charge < -0.3 is 10.1 Å². The largest absolute Gasteiger partial charge is 0.487 e. The average Bonchev–Trinajstić information content (AvgIpc) is 3.16. The zero-order chi connectivity index (χ0) is 20.5. The summed E-state index contributed by atoms with van der Waals surface area (Å²) >= 11 is 1.13. The number of carbonyl (C=O) groups is 1. The van der Waals surface area contributed by atoms with Crippen LogP contribution in [0.3, 0.4) is 0 Å². The zero-order valence-corrected chi connectivity index (χ0v) is 16.7. The molecule has 0 radical (unpaired) electrons. The van der Waals surface area contributed by atoms with E-state index >= 15 is 0 Å². The van der Waals surface area contributed by atoms with Crippen LogP contribution in [0.25, 0.3) is 11.0 Å². The highest BCUT2D eigenvalue weighted by molar-refractivity contribution is 7.15. The average molecular weight is 419 g/mol. The fraction of sp³-hybridized carbons (Fsp3) is 0.368. The molecule has 152 valence electrons. The maximum absolute atomic E-state index is 14.1. The molecule has 1 N–H and O–H groups in total. The molecule has 0 aliphatic carbocycles. The van der Waals surface area contributed by atoms with Crippen molar-refractivity contribution >= 4 is 33.4 Å². The number of anilines is 1. The molecule has 10 heteroatoms. The Hall–Kier alpha value is -2.72. The molecule has 2 atom stereocenters. The van der Waals surface area contributed by atoms with Gasteiger partial charge in [-0.25, -0.2) is 9.37 Å². The van der Waals surface area contributed by atoms with Crippen LogP contribution in [0.5, 0.6) is 5.75 Å². The summed E-state index contributed by atoms with van der Waals surface area (Å²) in [4.78, 5) is 25.7. The van der Waals surface area contributed by atoms with Gasteiger partial charge in [-0.15, -0.1) is 0 Å². The lowest BCUT2D eigenvalue weighted by molar-refractivity contribution is -0.114. The minimum atomic E-state index is -0.568. The van der Waals surface area contributed by atoms with E-state index in [0.29, 0.717) is 34.7 Å². The normalized spacial score (nSPS) is 19.6. The summed E-state index contributed by atoms with van der Waals surface area (Å²) in [5.74, 6) is -0.757. The minimum absolute atomic E-state index is 0.117. The van der Waals surface area contributed by atoms with Gasteiger partial charge >= 0.3 is 0 Å². The second-order valence-corrected chi connectivity index (χ2v) is 8.08. The molecular formula is C19H19F2N5O2S. The molecule has 0 bridgehead atoms. The molecule has 3 aromatic rings. The van der Waals surface area contributed by atoms with E-state index in [9.17, 15) is 13.6 Å². The van der Waals surface area contributed by atoms with Crippen LogP contribution in [-0.4, -0.2) is 44.4 Å². The first-order chi connectivity index (χ1) is 13.9. The lowest BCUT2D eigenvalue weighted by Gasteiger charge is -2.19. The molecule has 0 aromatic carbocycles. The second-order valence-electron chi connectivity index (χ2n) is 7.00. The number of carbonyl (C=O) groups excluding carboxylic acids is 1. The molecule has 0 saturated carbocycles. The summed E-state index contributed by atoms with van der Waals surface area (Å²) in [6.07, 6.45) is 3.34. The topological polar surface area (TPSA) is 80.2 Å². The Balaban J connectivity index is 1.46. The van der Waals surface area contributed by atoms with E-state index in [2.05, 4.69) is 32.1 Å². The molecule has 1 fully saturated rings. The number of rotatable bonds is 5. The number of hydrogen-bond donors (Lipinski definition) is 1. The SMILES string of the molecule is CC(=O)Nc1nc(F)c(CN2CC(Oc3ccnc4cc(F)cnc34)CC2C)s1. The summed E-state index contributed by atoms with van der Waals surface area (Å²) in [6.45, 7) is 4.38. The molecule has 1 amide bonds.